The number of para-hydroxylation sites is 1. The normalized spacial score (nSPS) is 12.1. The molecule has 4 aromatic rings. The van der Waals surface area contributed by atoms with Gasteiger partial charge in [0, 0.05) is 33.8 Å². The Morgan fingerprint density at radius 1 is 0.433 bits per heavy atom. The van der Waals surface area contributed by atoms with Gasteiger partial charge in [-0.1, -0.05) is 54.6 Å². The van der Waals surface area contributed by atoms with Gasteiger partial charge < -0.3 is 10.6 Å². The molecule has 0 saturated heterocycles. The van der Waals surface area contributed by atoms with Crippen LogP contribution in [0.25, 0.3) is 0 Å². The molecule has 0 aliphatic heterocycles. The van der Waals surface area contributed by atoms with Crippen molar-refractivity contribution >= 4 is 34.3 Å². The lowest BCUT2D eigenvalue weighted by atomic mass is 9.83. The molecule has 0 saturated carbocycles. The zero-order valence-electron chi connectivity index (χ0n) is 16.1. The van der Waals surface area contributed by atoms with Gasteiger partial charge in [-0.25, -0.2) is 0 Å². The zero-order valence-corrected chi connectivity index (χ0v) is 16.1. The van der Waals surface area contributed by atoms with Crippen molar-refractivity contribution in [3.63, 3.8) is 0 Å². The summed E-state index contributed by atoms with van der Waals surface area (Å²) in [6.07, 6.45) is 0. The van der Waals surface area contributed by atoms with Gasteiger partial charge in [-0.2, -0.15) is 0 Å². The number of rotatable bonds is 4. The van der Waals surface area contributed by atoms with Crippen molar-refractivity contribution in [2.24, 2.45) is 0 Å². The largest absolute Gasteiger partial charge is 0.356 e. The Kier molecular flexibility index (Phi) is 4.37. The van der Waals surface area contributed by atoms with Crippen LogP contribution in [-0.2, 0) is 0 Å². The fourth-order valence-electron chi connectivity index (χ4n) is 3.73. The van der Waals surface area contributed by atoms with E-state index in [0.717, 1.165) is 17.1 Å². The number of fused-ring (bicyclic) bond motifs is 2. The van der Waals surface area contributed by atoms with E-state index in [-0.39, 0.29) is 11.6 Å². The summed E-state index contributed by atoms with van der Waals surface area (Å²) in [5, 5.41) is 6.65. The summed E-state index contributed by atoms with van der Waals surface area (Å²) in [7, 11) is 0. The number of ketones is 2. The van der Waals surface area contributed by atoms with Gasteiger partial charge in [-0.3, -0.25) is 9.59 Å². The van der Waals surface area contributed by atoms with Gasteiger partial charge in [0.25, 0.3) is 0 Å². The molecular weight excluding hydrogens is 372 g/mol. The van der Waals surface area contributed by atoms with E-state index in [1.807, 2.05) is 60.7 Å². The van der Waals surface area contributed by atoms with E-state index >= 15 is 0 Å². The summed E-state index contributed by atoms with van der Waals surface area (Å²) in [5.74, 6) is -0.253. The number of hydrogen-bond acceptors (Lipinski definition) is 4. The van der Waals surface area contributed by atoms with Crippen LogP contribution in [0, 0.1) is 0 Å². The van der Waals surface area contributed by atoms with Gasteiger partial charge in [0.2, 0.25) is 0 Å². The Morgan fingerprint density at radius 2 is 0.967 bits per heavy atom. The zero-order chi connectivity index (χ0) is 20.5. The molecule has 0 bridgehead atoms. The quantitative estimate of drug-likeness (QED) is 0.398. The molecule has 0 unspecified atom stereocenters. The lowest BCUT2D eigenvalue weighted by Crippen LogP contribution is -2.22. The first-order valence-corrected chi connectivity index (χ1v) is 9.71. The van der Waals surface area contributed by atoms with E-state index in [1.54, 1.807) is 36.4 Å². The van der Waals surface area contributed by atoms with E-state index < -0.39 is 0 Å². The Hall–Kier alpha value is -4.18. The van der Waals surface area contributed by atoms with Crippen LogP contribution in [0.2, 0.25) is 0 Å². The van der Waals surface area contributed by atoms with Crippen molar-refractivity contribution in [2.45, 2.75) is 0 Å². The Balaban J connectivity index is 1.44. The standard InChI is InChI=1S/C26H18N2O2/c29-25-20-9-4-5-10-21(20)26(30)24-22(25)11-6-12-23(24)28-19-15-13-18(14-16-19)27-17-7-2-1-3-8-17/h1-16,27-28H. The highest BCUT2D eigenvalue weighted by Gasteiger charge is 2.31. The van der Waals surface area contributed by atoms with Crippen LogP contribution in [0.1, 0.15) is 31.8 Å². The fourth-order valence-corrected chi connectivity index (χ4v) is 3.73. The summed E-state index contributed by atoms with van der Waals surface area (Å²) < 4.78 is 0. The topological polar surface area (TPSA) is 58.2 Å². The highest BCUT2D eigenvalue weighted by Crippen LogP contribution is 2.33. The lowest BCUT2D eigenvalue weighted by Gasteiger charge is -2.20. The Bertz CT molecular complexity index is 1260. The first kappa shape index (κ1) is 17.9. The molecule has 0 atom stereocenters. The second kappa shape index (κ2) is 7.33. The van der Waals surface area contributed by atoms with Gasteiger partial charge >= 0.3 is 0 Å². The maximum atomic E-state index is 13.1. The van der Waals surface area contributed by atoms with Gasteiger partial charge in [-0.05, 0) is 42.5 Å². The smallest absolute Gasteiger partial charge is 0.196 e. The Labute approximate surface area is 174 Å². The Morgan fingerprint density at radius 3 is 1.67 bits per heavy atom. The number of anilines is 4. The molecule has 144 valence electrons. The van der Waals surface area contributed by atoms with E-state index in [2.05, 4.69) is 10.6 Å². The van der Waals surface area contributed by atoms with Crippen LogP contribution in [0.5, 0.6) is 0 Å². The number of carbonyl (C=O) groups is 2. The highest BCUT2D eigenvalue weighted by atomic mass is 16.1. The first-order valence-electron chi connectivity index (χ1n) is 9.71. The molecule has 1 aliphatic carbocycles. The minimum absolute atomic E-state index is 0.119. The molecule has 0 spiro atoms. The van der Waals surface area contributed by atoms with Gasteiger partial charge in [0.15, 0.2) is 11.6 Å². The SMILES string of the molecule is O=C1c2ccccc2C(=O)c2c(Nc3ccc(Nc4ccccc4)cc3)cccc21. The molecular formula is C26H18N2O2. The maximum absolute atomic E-state index is 13.1. The van der Waals surface area contributed by atoms with Crippen molar-refractivity contribution < 1.29 is 9.59 Å². The molecule has 4 nitrogen and oxygen atoms in total. The molecule has 0 aromatic heterocycles. The minimum Gasteiger partial charge on any atom is -0.356 e. The maximum Gasteiger partial charge on any atom is 0.196 e. The average Bonchev–Trinajstić information content (AvgIpc) is 2.79. The van der Waals surface area contributed by atoms with E-state index in [0.29, 0.717) is 27.9 Å². The van der Waals surface area contributed by atoms with Crippen molar-refractivity contribution in [2.75, 3.05) is 10.6 Å². The summed E-state index contributed by atoms with van der Waals surface area (Å²) in [6.45, 7) is 0. The van der Waals surface area contributed by atoms with Crippen LogP contribution < -0.4 is 10.6 Å². The molecule has 5 rings (SSSR count). The van der Waals surface area contributed by atoms with Gasteiger partial charge in [0.1, 0.15) is 0 Å². The average molecular weight is 390 g/mol. The summed E-state index contributed by atoms with van der Waals surface area (Å²) >= 11 is 0. The molecule has 4 aromatic carbocycles. The molecule has 0 heterocycles. The van der Waals surface area contributed by atoms with Crippen LogP contribution in [0.15, 0.2) is 97.1 Å². The van der Waals surface area contributed by atoms with Crippen molar-refractivity contribution in [3.8, 4) is 0 Å². The summed E-state index contributed by atoms with van der Waals surface area (Å²) in [5.41, 5.74) is 5.21. The monoisotopic (exact) mass is 390 g/mol. The number of hydrogen-bond donors (Lipinski definition) is 2. The van der Waals surface area contributed by atoms with E-state index in [1.165, 1.54) is 0 Å². The molecule has 0 radical (unpaired) electrons. The molecule has 30 heavy (non-hydrogen) atoms. The van der Waals surface area contributed by atoms with Gasteiger partial charge in [0.05, 0.1) is 11.3 Å². The van der Waals surface area contributed by atoms with Crippen LogP contribution in [0.3, 0.4) is 0 Å². The van der Waals surface area contributed by atoms with Crippen LogP contribution in [0.4, 0.5) is 22.7 Å². The summed E-state index contributed by atoms with van der Waals surface area (Å²) in [4.78, 5) is 26.0. The third-order valence-corrected chi connectivity index (χ3v) is 5.18. The third kappa shape index (κ3) is 3.14. The summed E-state index contributed by atoms with van der Waals surface area (Å²) in [6, 6.07) is 30.1. The van der Waals surface area contributed by atoms with Crippen molar-refractivity contribution in [1.82, 2.24) is 0 Å². The second-order valence-electron chi connectivity index (χ2n) is 7.13. The number of carbonyl (C=O) groups excluding carboxylic acids is 2. The second-order valence-corrected chi connectivity index (χ2v) is 7.13. The molecule has 0 fully saturated rings. The molecule has 4 heteroatoms. The predicted molar refractivity (Wildman–Crippen MR) is 119 cm³/mol. The van der Waals surface area contributed by atoms with Crippen LogP contribution in [-0.4, -0.2) is 11.6 Å². The third-order valence-electron chi connectivity index (χ3n) is 5.18. The molecule has 1 aliphatic rings. The van der Waals surface area contributed by atoms with Gasteiger partial charge in [-0.15, -0.1) is 0 Å². The lowest BCUT2D eigenvalue weighted by molar-refractivity contribution is 0.0979. The van der Waals surface area contributed by atoms with Crippen molar-refractivity contribution in [1.29, 1.82) is 0 Å². The van der Waals surface area contributed by atoms with Crippen LogP contribution >= 0.6 is 0 Å². The fraction of sp³-hybridized carbons (Fsp3) is 0. The van der Waals surface area contributed by atoms with E-state index in [4.69, 9.17) is 0 Å². The highest BCUT2D eigenvalue weighted by molar-refractivity contribution is 6.30. The number of benzene rings is 4. The van der Waals surface area contributed by atoms with E-state index in [9.17, 15) is 9.59 Å². The minimum atomic E-state index is -0.134. The predicted octanol–water partition coefficient (Wildman–Crippen LogP) is 5.95. The first-order chi connectivity index (χ1) is 14.7. The number of nitrogens with one attached hydrogen (secondary N) is 2. The molecule has 2 N–H and O–H groups in total. The van der Waals surface area contributed by atoms with Crippen molar-refractivity contribution in [3.05, 3.63) is 119 Å². The molecule has 0 amide bonds.